The first-order valence-electron chi connectivity index (χ1n) is 5.30. The highest BCUT2D eigenvalue weighted by molar-refractivity contribution is 5.87. The van der Waals surface area contributed by atoms with Crippen molar-refractivity contribution in [2.24, 2.45) is 0 Å². The lowest BCUT2D eigenvalue weighted by molar-refractivity contribution is 0.477. The van der Waals surface area contributed by atoms with E-state index in [0.717, 1.165) is 11.1 Å². The molecule has 0 saturated carbocycles. The van der Waals surface area contributed by atoms with Gasteiger partial charge in [0.1, 0.15) is 11.3 Å². The van der Waals surface area contributed by atoms with Crippen LogP contribution in [0.4, 0.5) is 0 Å². The monoisotopic (exact) mass is 218 g/mol. The van der Waals surface area contributed by atoms with Crippen LogP contribution in [-0.2, 0) is 6.42 Å². The fourth-order valence-electron chi connectivity index (χ4n) is 2.07. The van der Waals surface area contributed by atoms with Crippen LogP contribution in [0.25, 0.3) is 11.0 Å². The molecule has 0 amide bonds. The molecule has 0 aliphatic rings. The lowest BCUT2D eigenvalue weighted by atomic mass is 10.0. The van der Waals surface area contributed by atoms with Crippen LogP contribution in [0.5, 0.6) is 5.75 Å². The molecule has 0 atom stereocenters. The van der Waals surface area contributed by atoms with E-state index in [-0.39, 0.29) is 11.4 Å². The Bertz CT molecular complexity index is 609. The molecule has 0 aliphatic carbocycles. The molecular formula is C13H14O3. The maximum absolute atomic E-state index is 11.7. The standard InChI is InChI=1S/C13H14O3/c1-4-9-8(3)12-10(14)5-7(2)6-11(12)16-13(9)15/h5-6,14H,4H2,1-3H3. The minimum Gasteiger partial charge on any atom is -0.507 e. The Labute approximate surface area is 93.3 Å². The zero-order valence-corrected chi connectivity index (χ0v) is 9.63. The van der Waals surface area contributed by atoms with Crippen molar-refractivity contribution >= 4 is 11.0 Å². The maximum atomic E-state index is 11.7. The highest BCUT2D eigenvalue weighted by Gasteiger charge is 2.13. The number of fused-ring (bicyclic) bond motifs is 1. The fraction of sp³-hybridized carbons (Fsp3) is 0.308. The van der Waals surface area contributed by atoms with E-state index in [0.29, 0.717) is 23.0 Å². The Morgan fingerprint density at radius 2 is 2.00 bits per heavy atom. The number of phenols is 1. The predicted octanol–water partition coefficient (Wildman–Crippen LogP) is 2.68. The summed E-state index contributed by atoms with van der Waals surface area (Å²) in [5, 5.41) is 10.5. The first kappa shape index (κ1) is 10.7. The fourth-order valence-corrected chi connectivity index (χ4v) is 2.07. The summed E-state index contributed by atoms with van der Waals surface area (Å²) >= 11 is 0. The Kier molecular flexibility index (Phi) is 2.46. The van der Waals surface area contributed by atoms with Crippen LogP contribution in [0.3, 0.4) is 0 Å². The molecule has 0 unspecified atom stereocenters. The molecule has 1 aromatic heterocycles. The largest absolute Gasteiger partial charge is 0.507 e. The van der Waals surface area contributed by atoms with Gasteiger partial charge in [-0.1, -0.05) is 6.92 Å². The Morgan fingerprint density at radius 1 is 1.31 bits per heavy atom. The van der Waals surface area contributed by atoms with Gasteiger partial charge in [0.2, 0.25) is 0 Å². The average Bonchev–Trinajstić information content (AvgIpc) is 2.15. The number of benzene rings is 1. The van der Waals surface area contributed by atoms with Gasteiger partial charge in [-0.3, -0.25) is 0 Å². The molecule has 1 aromatic carbocycles. The zero-order chi connectivity index (χ0) is 11.9. The molecule has 1 N–H and O–H groups in total. The number of hydrogen-bond acceptors (Lipinski definition) is 3. The van der Waals surface area contributed by atoms with E-state index >= 15 is 0 Å². The van der Waals surface area contributed by atoms with Crippen molar-refractivity contribution in [2.45, 2.75) is 27.2 Å². The van der Waals surface area contributed by atoms with E-state index in [1.807, 2.05) is 20.8 Å². The first-order valence-corrected chi connectivity index (χ1v) is 5.30. The summed E-state index contributed by atoms with van der Waals surface area (Å²) in [6, 6.07) is 3.44. The summed E-state index contributed by atoms with van der Waals surface area (Å²) in [6.07, 6.45) is 0.609. The van der Waals surface area contributed by atoms with Gasteiger partial charge in [-0.05, 0) is 43.5 Å². The van der Waals surface area contributed by atoms with Crippen LogP contribution in [0.2, 0.25) is 0 Å². The van der Waals surface area contributed by atoms with Crippen molar-refractivity contribution in [3.63, 3.8) is 0 Å². The van der Waals surface area contributed by atoms with E-state index in [9.17, 15) is 9.90 Å². The van der Waals surface area contributed by atoms with Gasteiger partial charge >= 0.3 is 5.63 Å². The third-order valence-corrected chi connectivity index (χ3v) is 2.86. The molecule has 0 saturated heterocycles. The summed E-state index contributed by atoms with van der Waals surface area (Å²) in [4.78, 5) is 11.7. The highest BCUT2D eigenvalue weighted by Crippen LogP contribution is 2.29. The molecule has 0 fully saturated rings. The van der Waals surface area contributed by atoms with E-state index in [1.165, 1.54) is 0 Å². The normalized spacial score (nSPS) is 10.9. The summed E-state index contributed by atoms with van der Waals surface area (Å²) in [6.45, 7) is 5.59. The minimum atomic E-state index is -0.308. The van der Waals surface area contributed by atoms with Gasteiger partial charge in [0, 0.05) is 5.56 Å². The Morgan fingerprint density at radius 3 is 2.62 bits per heavy atom. The maximum Gasteiger partial charge on any atom is 0.339 e. The van der Waals surface area contributed by atoms with Gasteiger partial charge in [-0.25, -0.2) is 4.79 Å². The number of rotatable bonds is 1. The Balaban J connectivity index is 2.99. The summed E-state index contributed by atoms with van der Waals surface area (Å²) in [5.41, 5.74) is 2.46. The molecule has 3 heteroatoms. The number of hydrogen-bond donors (Lipinski definition) is 1. The third-order valence-electron chi connectivity index (χ3n) is 2.86. The van der Waals surface area contributed by atoms with Gasteiger partial charge in [-0.2, -0.15) is 0 Å². The van der Waals surface area contributed by atoms with E-state index in [4.69, 9.17) is 4.42 Å². The van der Waals surface area contributed by atoms with Crippen molar-refractivity contribution in [3.8, 4) is 5.75 Å². The van der Waals surface area contributed by atoms with Gasteiger partial charge in [-0.15, -0.1) is 0 Å². The zero-order valence-electron chi connectivity index (χ0n) is 9.63. The number of aryl methyl sites for hydroxylation is 2. The van der Waals surface area contributed by atoms with E-state index in [1.54, 1.807) is 12.1 Å². The van der Waals surface area contributed by atoms with E-state index in [2.05, 4.69) is 0 Å². The SMILES string of the molecule is CCc1c(C)c2c(O)cc(C)cc2oc1=O. The van der Waals surface area contributed by atoms with Crippen molar-refractivity contribution in [3.05, 3.63) is 39.2 Å². The van der Waals surface area contributed by atoms with Crippen LogP contribution < -0.4 is 5.63 Å². The van der Waals surface area contributed by atoms with Gasteiger partial charge in [0.25, 0.3) is 0 Å². The quantitative estimate of drug-likeness (QED) is 0.748. The molecule has 2 rings (SSSR count). The lowest BCUT2D eigenvalue weighted by Gasteiger charge is -2.08. The molecule has 2 aromatic rings. The summed E-state index contributed by atoms with van der Waals surface area (Å²) in [7, 11) is 0. The summed E-state index contributed by atoms with van der Waals surface area (Å²) in [5.74, 6) is 0.172. The lowest BCUT2D eigenvalue weighted by Crippen LogP contribution is -2.09. The van der Waals surface area contributed by atoms with Crippen LogP contribution in [-0.4, -0.2) is 5.11 Å². The Hall–Kier alpha value is -1.77. The van der Waals surface area contributed by atoms with E-state index < -0.39 is 0 Å². The predicted molar refractivity (Wildman–Crippen MR) is 63.0 cm³/mol. The second-order valence-corrected chi connectivity index (χ2v) is 4.00. The molecule has 0 spiro atoms. The molecule has 16 heavy (non-hydrogen) atoms. The van der Waals surface area contributed by atoms with Crippen LogP contribution in [0, 0.1) is 13.8 Å². The highest BCUT2D eigenvalue weighted by atomic mass is 16.4. The molecule has 0 bridgehead atoms. The van der Waals surface area contributed by atoms with Gasteiger partial charge in [0.15, 0.2) is 0 Å². The second-order valence-electron chi connectivity index (χ2n) is 4.00. The first-order chi connectivity index (χ1) is 7.54. The molecular weight excluding hydrogens is 204 g/mol. The van der Waals surface area contributed by atoms with Crippen molar-refractivity contribution < 1.29 is 9.52 Å². The van der Waals surface area contributed by atoms with Crippen LogP contribution >= 0.6 is 0 Å². The number of aromatic hydroxyl groups is 1. The molecule has 0 radical (unpaired) electrons. The average molecular weight is 218 g/mol. The molecule has 3 nitrogen and oxygen atoms in total. The smallest absolute Gasteiger partial charge is 0.339 e. The number of phenolic OH excluding ortho intramolecular Hbond substituents is 1. The van der Waals surface area contributed by atoms with Crippen molar-refractivity contribution in [1.29, 1.82) is 0 Å². The minimum absolute atomic E-state index is 0.172. The van der Waals surface area contributed by atoms with Crippen LogP contribution in [0.1, 0.15) is 23.6 Å². The molecule has 84 valence electrons. The van der Waals surface area contributed by atoms with Gasteiger partial charge in [0.05, 0.1) is 5.39 Å². The second kappa shape index (κ2) is 3.67. The van der Waals surface area contributed by atoms with Crippen LogP contribution in [0.15, 0.2) is 21.3 Å². The molecule has 0 aliphatic heterocycles. The van der Waals surface area contributed by atoms with Gasteiger partial charge < -0.3 is 9.52 Å². The topological polar surface area (TPSA) is 50.4 Å². The third kappa shape index (κ3) is 1.48. The van der Waals surface area contributed by atoms with Crippen molar-refractivity contribution in [2.75, 3.05) is 0 Å². The molecule has 1 heterocycles. The summed E-state index contributed by atoms with van der Waals surface area (Å²) < 4.78 is 5.21. The van der Waals surface area contributed by atoms with Crippen molar-refractivity contribution in [1.82, 2.24) is 0 Å².